The van der Waals surface area contributed by atoms with Gasteiger partial charge in [-0.05, 0) is 68.5 Å². The molecule has 3 heteroatoms. The quantitative estimate of drug-likeness (QED) is 0.336. The van der Waals surface area contributed by atoms with Gasteiger partial charge in [-0.3, -0.25) is 4.98 Å². The largest absolute Gasteiger partial charge is 0.297 e. The average molecular weight is 415 g/mol. The number of benzene rings is 1. The van der Waals surface area contributed by atoms with Crippen molar-refractivity contribution in [2.24, 2.45) is 0 Å². The summed E-state index contributed by atoms with van der Waals surface area (Å²) in [6, 6.07) is 9.42. The molecule has 0 saturated heterocycles. The summed E-state index contributed by atoms with van der Waals surface area (Å²) < 4.78 is 5.07. The van der Waals surface area contributed by atoms with Crippen molar-refractivity contribution in [1.29, 1.82) is 0 Å². The second-order valence-corrected chi connectivity index (χ2v) is 11.1. The van der Waals surface area contributed by atoms with Crippen LogP contribution in [0.15, 0.2) is 30.5 Å². The summed E-state index contributed by atoms with van der Waals surface area (Å²) in [4.78, 5) is 5.18. The molecular formula is C28H36N3+. The van der Waals surface area contributed by atoms with E-state index in [0.717, 1.165) is 18.4 Å². The second kappa shape index (κ2) is 6.09. The van der Waals surface area contributed by atoms with E-state index < -0.39 is 0 Å². The number of pyridine rings is 2. The molecule has 2 unspecified atom stereocenters. The van der Waals surface area contributed by atoms with Crippen molar-refractivity contribution >= 4 is 27.6 Å². The van der Waals surface area contributed by atoms with Crippen LogP contribution in [0.1, 0.15) is 83.7 Å². The number of aryl methyl sites for hydroxylation is 2. The van der Waals surface area contributed by atoms with Crippen LogP contribution in [0.25, 0.3) is 27.6 Å². The van der Waals surface area contributed by atoms with Crippen LogP contribution in [-0.4, -0.2) is 9.38 Å². The van der Waals surface area contributed by atoms with Gasteiger partial charge in [0.2, 0.25) is 0 Å². The number of rotatable bonds is 2. The monoisotopic (exact) mass is 414 g/mol. The average Bonchev–Trinajstić information content (AvgIpc) is 3.04. The Morgan fingerprint density at radius 1 is 1.00 bits per heavy atom. The van der Waals surface area contributed by atoms with Crippen molar-refractivity contribution in [2.45, 2.75) is 91.5 Å². The zero-order valence-corrected chi connectivity index (χ0v) is 20.6. The van der Waals surface area contributed by atoms with Crippen LogP contribution in [0.5, 0.6) is 0 Å². The molecule has 31 heavy (non-hydrogen) atoms. The smallest absolute Gasteiger partial charge is 0.252 e. The van der Waals surface area contributed by atoms with Gasteiger partial charge in [-0.25, -0.2) is 4.57 Å². The minimum Gasteiger partial charge on any atom is -0.252 e. The Labute approximate surface area is 186 Å². The lowest BCUT2D eigenvalue weighted by atomic mass is 9.61. The van der Waals surface area contributed by atoms with Crippen LogP contribution < -0.4 is 4.57 Å². The van der Waals surface area contributed by atoms with Crippen LogP contribution in [0.4, 0.5) is 0 Å². The zero-order chi connectivity index (χ0) is 22.5. The normalized spacial score (nSPS) is 23.5. The first kappa shape index (κ1) is 20.5. The lowest BCUT2D eigenvalue weighted by Gasteiger charge is -2.47. The summed E-state index contributed by atoms with van der Waals surface area (Å²) in [6.07, 6.45) is 4.40. The van der Waals surface area contributed by atoms with Gasteiger partial charge in [0.1, 0.15) is 5.54 Å². The van der Waals surface area contributed by atoms with E-state index in [2.05, 4.69) is 102 Å². The Balaban J connectivity index is 2.12. The van der Waals surface area contributed by atoms with Crippen LogP contribution >= 0.6 is 0 Å². The van der Waals surface area contributed by atoms with Gasteiger partial charge >= 0.3 is 0 Å². The van der Waals surface area contributed by atoms with Gasteiger partial charge in [0.15, 0.2) is 11.0 Å². The van der Waals surface area contributed by atoms with E-state index in [9.17, 15) is 0 Å². The van der Waals surface area contributed by atoms with Crippen molar-refractivity contribution in [3.8, 4) is 0 Å². The number of aromatic nitrogens is 3. The molecule has 1 aromatic carbocycles. The maximum absolute atomic E-state index is 5.18. The molecule has 0 N–H and O–H groups in total. The Morgan fingerprint density at radius 3 is 2.29 bits per heavy atom. The molecule has 1 aliphatic heterocycles. The third-order valence-corrected chi connectivity index (χ3v) is 8.62. The van der Waals surface area contributed by atoms with Crippen molar-refractivity contribution < 1.29 is 4.57 Å². The topological polar surface area (TPSA) is 21.2 Å². The van der Waals surface area contributed by atoms with E-state index in [0.29, 0.717) is 0 Å². The first-order chi connectivity index (χ1) is 14.5. The summed E-state index contributed by atoms with van der Waals surface area (Å²) in [5.41, 5.74) is 10.4. The number of hydrogen-bond acceptors (Lipinski definition) is 1. The van der Waals surface area contributed by atoms with Crippen LogP contribution in [-0.2, 0) is 16.4 Å². The molecule has 162 valence electrons. The number of fused-ring (bicyclic) bond motifs is 3. The molecule has 3 aromatic heterocycles. The lowest BCUT2D eigenvalue weighted by molar-refractivity contribution is -0.728. The third-order valence-electron chi connectivity index (χ3n) is 8.62. The van der Waals surface area contributed by atoms with E-state index in [-0.39, 0.29) is 16.4 Å². The molecule has 5 rings (SSSR count). The summed E-state index contributed by atoms with van der Waals surface area (Å²) in [6.45, 7) is 20.9. The molecule has 0 fully saturated rings. The molecular weight excluding hydrogens is 378 g/mol. The molecule has 0 amide bonds. The molecule has 0 saturated carbocycles. The predicted octanol–water partition coefficient (Wildman–Crippen LogP) is 6.65. The molecule has 0 bridgehead atoms. The number of hydrogen-bond donors (Lipinski definition) is 0. The maximum Gasteiger partial charge on any atom is 0.297 e. The fourth-order valence-corrected chi connectivity index (χ4v) is 5.92. The van der Waals surface area contributed by atoms with Gasteiger partial charge in [0.05, 0.1) is 17.1 Å². The summed E-state index contributed by atoms with van der Waals surface area (Å²) in [5.74, 6) is 0. The van der Waals surface area contributed by atoms with Gasteiger partial charge in [-0.2, -0.15) is 4.40 Å². The zero-order valence-electron chi connectivity index (χ0n) is 20.6. The fourth-order valence-electron chi connectivity index (χ4n) is 5.92. The van der Waals surface area contributed by atoms with Crippen molar-refractivity contribution in [1.82, 2.24) is 9.38 Å². The highest BCUT2D eigenvalue weighted by Gasteiger charge is 2.55. The van der Waals surface area contributed by atoms with E-state index >= 15 is 0 Å². The van der Waals surface area contributed by atoms with Crippen LogP contribution in [0.2, 0.25) is 0 Å². The third kappa shape index (κ3) is 2.35. The van der Waals surface area contributed by atoms with Gasteiger partial charge in [-0.1, -0.05) is 41.5 Å². The van der Waals surface area contributed by atoms with E-state index in [1.54, 1.807) is 0 Å². The Hall–Kier alpha value is -2.42. The van der Waals surface area contributed by atoms with Crippen molar-refractivity contribution in [2.75, 3.05) is 0 Å². The van der Waals surface area contributed by atoms with Crippen LogP contribution in [0.3, 0.4) is 0 Å². The first-order valence-electron chi connectivity index (χ1n) is 11.8. The molecule has 1 aliphatic rings. The Bertz CT molecular complexity index is 1390. The minimum atomic E-state index is -0.0335. The standard InChI is InChI=1S/C28H36N3/c1-10-27(8)19-16-23(26(5,6)7)29-20-12-13-30-21-14-17(3)18(4)15-22(21)31(25(30)24(19)20)28(27,9)11-2/h12-16H,10-11H2,1-9H3/q+1. The fraction of sp³-hybridized carbons (Fsp3) is 0.500. The van der Waals surface area contributed by atoms with Gasteiger partial charge < -0.3 is 0 Å². The summed E-state index contributed by atoms with van der Waals surface area (Å²) >= 11 is 0. The highest BCUT2D eigenvalue weighted by atomic mass is 15.2. The number of imidazole rings is 1. The number of nitrogens with zero attached hydrogens (tertiary/aromatic N) is 3. The maximum atomic E-state index is 5.18. The highest BCUT2D eigenvalue weighted by molar-refractivity contribution is 5.98. The van der Waals surface area contributed by atoms with Gasteiger partial charge in [-0.15, -0.1) is 0 Å². The highest BCUT2D eigenvalue weighted by Crippen LogP contribution is 2.50. The molecule has 0 aliphatic carbocycles. The lowest BCUT2D eigenvalue weighted by Crippen LogP contribution is -2.66. The summed E-state index contributed by atoms with van der Waals surface area (Å²) in [5, 5.41) is 1.33. The SMILES string of the molecule is CCC1(C)c2cc(C(C)(C)C)nc3ccn4c5cc(C)c(C)cc5[n+](c4c23)C1(C)CC. The molecule has 2 atom stereocenters. The first-order valence-corrected chi connectivity index (χ1v) is 11.8. The molecule has 0 radical (unpaired) electrons. The molecule has 4 aromatic rings. The minimum absolute atomic E-state index is 0.00945. The van der Waals surface area contributed by atoms with E-state index in [1.165, 1.54) is 44.5 Å². The van der Waals surface area contributed by atoms with Crippen molar-refractivity contribution in [3.63, 3.8) is 0 Å². The second-order valence-electron chi connectivity index (χ2n) is 11.1. The Kier molecular flexibility index (Phi) is 4.02. The van der Waals surface area contributed by atoms with Gasteiger partial charge in [0.25, 0.3) is 5.65 Å². The predicted molar refractivity (Wildman–Crippen MR) is 130 cm³/mol. The van der Waals surface area contributed by atoms with Gasteiger partial charge in [0, 0.05) is 22.6 Å². The molecule has 3 nitrogen and oxygen atoms in total. The summed E-state index contributed by atoms with van der Waals surface area (Å²) in [7, 11) is 0. The molecule has 4 heterocycles. The molecule has 0 spiro atoms. The van der Waals surface area contributed by atoms with Crippen molar-refractivity contribution in [3.05, 3.63) is 52.8 Å². The Morgan fingerprint density at radius 2 is 1.68 bits per heavy atom. The van der Waals surface area contributed by atoms with Crippen LogP contribution in [0, 0.1) is 13.8 Å². The van der Waals surface area contributed by atoms with E-state index in [4.69, 9.17) is 4.98 Å². The van der Waals surface area contributed by atoms with E-state index in [1.807, 2.05) is 0 Å².